The van der Waals surface area contributed by atoms with Crippen LogP contribution in [0.2, 0.25) is 0 Å². The lowest BCUT2D eigenvalue weighted by atomic mass is 10.3. The molecule has 2 aromatic rings. The van der Waals surface area contributed by atoms with E-state index in [0.29, 0.717) is 0 Å². The molecule has 1 aromatic heterocycles. The quantitative estimate of drug-likeness (QED) is 0.554. The Morgan fingerprint density at radius 1 is 1.36 bits per heavy atom. The van der Waals surface area contributed by atoms with Gasteiger partial charge in [-0.25, -0.2) is 4.98 Å². The van der Waals surface area contributed by atoms with Crippen LogP contribution in [0.3, 0.4) is 0 Å². The van der Waals surface area contributed by atoms with E-state index in [4.69, 9.17) is 0 Å². The zero-order valence-corrected chi connectivity index (χ0v) is 6.41. The van der Waals surface area contributed by atoms with E-state index in [1.165, 1.54) is 0 Å². The Labute approximate surface area is 65.5 Å². The monoisotopic (exact) mass is 145 g/mol. The molecular weight excluding hydrogens is 136 g/mol. The molecule has 0 spiro atoms. The van der Waals surface area contributed by atoms with Crippen LogP contribution in [0, 0.1) is 14.0 Å². The van der Waals surface area contributed by atoms with Gasteiger partial charge in [-0.1, -0.05) is 12.1 Å². The molecule has 1 aromatic carbocycles. The zero-order chi connectivity index (χ0) is 7.84. The zero-order valence-electron chi connectivity index (χ0n) is 6.41. The average molecular weight is 145 g/mol. The molecule has 0 bridgehead atoms. The topological polar surface area (TPSA) is 17.8 Å². The van der Waals surface area contributed by atoms with Gasteiger partial charge in [0.05, 0.1) is 11.0 Å². The fourth-order valence-electron chi connectivity index (χ4n) is 1.20. The Hall–Kier alpha value is -1.31. The Kier molecular flexibility index (Phi) is 1.22. The predicted molar refractivity (Wildman–Crippen MR) is 45.2 cm³/mol. The van der Waals surface area contributed by atoms with Crippen LogP contribution in [0.15, 0.2) is 24.3 Å². The molecule has 0 aliphatic rings. The standard InChI is InChI=1S/C9H9N2/c1-7-10-8-5-3-4-6-9(8)11(7)2/h3-6H,2H2,1H3. The molecular formula is C9H9N2. The Balaban J connectivity index is 2.92. The summed E-state index contributed by atoms with van der Waals surface area (Å²) in [7, 11) is 3.86. The van der Waals surface area contributed by atoms with Crippen LogP contribution >= 0.6 is 0 Å². The second-order valence-corrected chi connectivity index (χ2v) is 2.58. The molecule has 0 aliphatic heterocycles. The third-order valence-electron chi connectivity index (χ3n) is 1.85. The first-order valence-corrected chi connectivity index (χ1v) is 3.54. The molecule has 0 atom stereocenters. The highest BCUT2D eigenvalue weighted by molar-refractivity contribution is 5.75. The summed E-state index contributed by atoms with van der Waals surface area (Å²) in [6, 6.07) is 7.98. The highest BCUT2D eigenvalue weighted by Gasteiger charge is 2.00. The minimum absolute atomic E-state index is 0.950. The molecule has 0 amide bonds. The molecule has 2 rings (SSSR count). The number of rotatable bonds is 0. The van der Waals surface area contributed by atoms with Crippen LogP contribution in [0.5, 0.6) is 0 Å². The molecule has 0 aliphatic carbocycles. The minimum atomic E-state index is 0.950. The van der Waals surface area contributed by atoms with E-state index >= 15 is 0 Å². The first-order valence-electron chi connectivity index (χ1n) is 3.54. The summed E-state index contributed by atoms with van der Waals surface area (Å²) in [5, 5.41) is 0. The molecule has 11 heavy (non-hydrogen) atoms. The molecule has 1 radical (unpaired) electrons. The van der Waals surface area contributed by atoms with E-state index in [1.807, 2.05) is 35.8 Å². The number of aryl methyl sites for hydroxylation is 1. The number of para-hydroxylation sites is 2. The maximum atomic E-state index is 4.31. The van der Waals surface area contributed by atoms with Crippen LogP contribution in [0.1, 0.15) is 5.82 Å². The summed E-state index contributed by atoms with van der Waals surface area (Å²) >= 11 is 0. The summed E-state index contributed by atoms with van der Waals surface area (Å²) in [5.41, 5.74) is 2.10. The molecule has 2 heteroatoms. The van der Waals surface area contributed by atoms with Crippen LogP contribution in [-0.4, -0.2) is 9.55 Å². The molecule has 55 valence electrons. The number of hydrogen-bond donors (Lipinski definition) is 0. The number of nitrogens with zero attached hydrogens (tertiary/aromatic N) is 2. The maximum Gasteiger partial charge on any atom is 0.106 e. The van der Waals surface area contributed by atoms with Gasteiger partial charge >= 0.3 is 0 Å². The molecule has 2 nitrogen and oxygen atoms in total. The second kappa shape index (κ2) is 2.09. The SMILES string of the molecule is [CH2]n1c(C)nc2ccccc21. The third-order valence-corrected chi connectivity index (χ3v) is 1.85. The Bertz CT molecular complexity index is 387. The summed E-state index contributed by atoms with van der Waals surface area (Å²) < 4.78 is 1.84. The second-order valence-electron chi connectivity index (χ2n) is 2.58. The lowest BCUT2D eigenvalue weighted by Crippen LogP contribution is -1.86. The largest absolute Gasteiger partial charge is 0.326 e. The number of hydrogen-bond acceptors (Lipinski definition) is 1. The fraction of sp³-hybridized carbons (Fsp3) is 0.111. The van der Waals surface area contributed by atoms with E-state index in [9.17, 15) is 0 Å². The normalized spacial score (nSPS) is 10.7. The molecule has 0 saturated carbocycles. The average Bonchev–Trinajstić information content (AvgIpc) is 2.30. The van der Waals surface area contributed by atoms with E-state index in [-0.39, 0.29) is 0 Å². The summed E-state index contributed by atoms with van der Waals surface area (Å²) in [4.78, 5) is 4.31. The smallest absolute Gasteiger partial charge is 0.106 e. The van der Waals surface area contributed by atoms with Gasteiger partial charge in [-0.3, -0.25) is 0 Å². The number of aromatic nitrogens is 2. The lowest BCUT2D eigenvalue weighted by Gasteiger charge is -1.93. The van der Waals surface area contributed by atoms with Crippen molar-refractivity contribution in [2.45, 2.75) is 6.92 Å². The summed E-state index contributed by atoms with van der Waals surface area (Å²) in [5.74, 6) is 0.950. The van der Waals surface area contributed by atoms with Crippen molar-refractivity contribution in [1.29, 1.82) is 0 Å². The van der Waals surface area contributed by atoms with Gasteiger partial charge in [-0.05, 0) is 19.1 Å². The van der Waals surface area contributed by atoms with Gasteiger partial charge < -0.3 is 4.57 Å². The summed E-state index contributed by atoms with van der Waals surface area (Å²) in [6.45, 7) is 1.95. The Morgan fingerprint density at radius 2 is 2.09 bits per heavy atom. The molecule has 0 fully saturated rings. The van der Waals surface area contributed by atoms with Gasteiger partial charge in [-0.2, -0.15) is 0 Å². The van der Waals surface area contributed by atoms with E-state index in [0.717, 1.165) is 16.9 Å². The van der Waals surface area contributed by atoms with Crippen LogP contribution in [0.25, 0.3) is 11.0 Å². The van der Waals surface area contributed by atoms with Crippen molar-refractivity contribution < 1.29 is 0 Å². The van der Waals surface area contributed by atoms with Crippen molar-refractivity contribution in [2.75, 3.05) is 0 Å². The molecule has 1 heterocycles. The van der Waals surface area contributed by atoms with Crippen molar-refractivity contribution >= 4 is 11.0 Å². The van der Waals surface area contributed by atoms with Gasteiger partial charge in [0.1, 0.15) is 5.82 Å². The number of fused-ring (bicyclic) bond motifs is 1. The molecule has 0 saturated heterocycles. The first-order chi connectivity index (χ1) is 5.29. The fourth-order valence-corrected chi connectivity index (χ4v) is 1.20. The minimum Gasteiger partial charge on any atom is -0.326 e. The van der Waals surface area contributed by atoms with Crippen molar-refractivity contribution in [2.24, 2.45) is 0 Å². The lowest BCUT2D eigenvalue weighted by molar-refractivity contribution is 1.00. The van der Waals surface area contributed by atoms with Crippen molar-refractivity contribution in [1.82, 2.24) is 9.55 Å². The highest BCUT2D eigenvalue weighted by Crippen LogP contribution is 2.13. The van der Waals surface area contributed by atoms with Crippen LogP contribution in [0.4, 0.5) is 0 Å². The molecule has 0 unspecified atom stereocenters. The van der Waals surface area contributed by atoms with E-state index in [2.05, 4.69) is 12.0 Å². The van der Waals surface area contributed by atoms with Crippen LogP contribution < -0.4 is 0 Å². The van der Waals surface area contributed by atoms with Crippen molar-refractivity contribution in [3.8, 4) is 0 Å². The molecule has 0 N–H and O–H groups in total. The van der Waals surface area contributed by atoms with Gasteiger partial charge in [0.25, 0.3) is 0 Å². The van der Waals surface area contributed by atoms with Gasteiger partial charge in [0.2, 0.25) is 0 Å². The van der Waals surface area contributed by atoms with Gasteiger partial charge in [0.15, 0.2) is 0 Å². The maximum absolute atomic E-state index is 4.31. The van der Waals surface area contributed by atoms with Gasteiger partial charge in [0, 0.05) is 7.05 Å². The van der Waals surface area contributed by atoms with Crippen LogP contribution in [-0.2, 0) is 0 Å². The van der Waals surface area contributed by atoms with Crippen molar-refractivity contribution in [3.05, 3.63) is 37.1 Å². The highest BCUT2D eigenvalue weighted by atomic mass is 15.0. The first kappa shape index (κ1) is 6.40. The Morgan fingerprint density at radius 3 is 2.82 bits per heavy atom. The van der Waals surface area contributed by atoms with Crippen molar-refractivity contribution in [3.63, 3.8) is 0 Å². The van der Waals surface area contributed by atoms with E-state index < -0.39 is 0 Å². The van der Waals surface area contributed by atoms with Gasteiger partial charge in [-0.15, -0.1) is 0 Å². The van der Waals surface area contributed by atoms with E-state index in [1.54, 1.807) is 0 Å². The number of benzene rings is 1. The number of imidazole rings is 1. The summed E-state index contributed by atoms with van der Waals surface area (Å²) in [6.07, 6.45) is 0. The predicted octanol–water partition coefficient (Wildman–Crippen LogP) is 1.98. The third kappa shape index (κ3) is 0.827.